The lowest BCUT2D eigenvalue weighted by atomic mass is 10.2. The van der Waals surface area contributed by atoms with E-state index in [0.717, 1.165) is 5.69 Å². The van der Waals surface area contributed by atoms with Gasteiger partial charge in [0, 0.05) is 13.1 Å². The number of hydrogen-bond donors (Lipinski definition) is 1. The van der Waals surface area contributed by atoms with Gasteiger partial charge in [-0.25, -0.2) is 5.43 Å². The zero-order valence-electron chi connectivity index (χ0n) is 11.8. The maximum Gasteiger partial charge on any atom is 0.293 e. The number of benzene rings is 1. The molecule has 0 saturated carbocycles. The highest BCUT2D eigenvalue weighted by atomic mass is 79.9. The van der Waals surface area contributed by atoms with Crippen molar-refractivity contribution in [1.29, 1.82) is 0 Å². The van der Waals surface area contributed by atoms with Crippen LogP contribution < -0.4 is 5.43 Å². The second kappa shape index (κ2) is 6.48. The Morgan fingerprint density at radius 1 is 1.50 bits per heavy atom. The van der Waals surface area contributed by atoms with Crippen LogP contribution in [-0.4, -0.2) is 26.8 Å². The van der Waals surface area contributed by atoms with Crippen LogP contribution in [0.15, 0.2) is 33.8 Å². The fourth-order valence-corrected chi connectivity index (χ4v) is 2.22. The van der Waals surface area contributed by atoms with E-state index in [2.05, 4.69) is 31.6 Å². The Bertz CT molecular complexity index is 769. The van der Waals surface area contributed by atoms with Crippen molar-refractivity contribution in [3.8, 4) is 0 Å². The lowest BCUT2D eigenvalue weighted by Gasteiger charge is -1.98. The van der Waals surface area contributed by atoms with E-state index in [1.54, 1.807) is 23.9 Å². The van der Waals surface area contributed by atoms with Crippen LogP contribution in [0.4, 0.5) is 5.69 Å². The summed E-state index contributed by atoms with van der Waals surface area (Å²) in [5.41, 5.74) is 3.50. The van der Waals surface area contributed by atoms with Crippen LogP contribution in [0, 0.1) is 17.0 Å². The molecule has 0 spiro atoms. The van der Waals surface area contributed by atoms with E-state index in [9.17, 15) is 14.9 Å². The van der Waals surface area contributed by atoms with E-state index in [4.69, 9.17) is 0 Å². The summed E-state index contributed by atoms with van der Waals surface area (Å²) >= 11 is 3.28. The molecule has 1 N–H and O–H groups in total. The molecule has 0 bridgehead atoms. The number of amides is 1. The molecule has 0 saturated heterocycles. The average Bonchev–Trinajstić information content (AvgIpc) is 2.75. The number of hydrogen-bond acceptors (Lipinski definition) is 5. The van der Waals surface area contributed by atoms with Crippen molar-refractivity contribution >= 4 is 33.7 Å². The normalized spacial score (nSPS) is 10.9. The molecule has 114 valence electrons. The van der Waals surface area contributed by atoms with Gasteiger partial charge in [0.15, 0.2) is 5.69 Å². The van der Waals surface area contributed by atoms with Crippen molar-refractivity contribution in [2.45, 2.75) is 6.92 Å². The van der Waals surface area contributed by atoms with Crippen LogP contribution in [0.3, 0.4) is 0 Å². The van der Waals surface area contributed by atoms with Gasteiger partial charge < -0.3 is 0 Å². The fraction of sp³-hybridized carbons (Fsp3) is 0.154. The van der Waals surface area contributed by atoms with E-state index in [1.165, 1.54) is 18.3 Å². The van der Waals surface area contributed by atoms with Gasteiger partial charge in [0.25, 0.3) is 11.6 Å². The largest absolute Gasteiger partial charge is 0.293 e. The third kappa shape index (κ3) is 3.19. The first-order valence-electron chi connectivity index (χ1n) is 6.17. The second-order valence-corrected chi connectivity index (χ2v) is 5.18. The van der Waals surface area contributed by atoms with E-state index in [0.29, 0.717) is 10.0 Å². The first kappa shape index (κ1) is 15.8. The summed E-state index contributed by atoms with van der Waals surface area (Å²) in [6.07, 6.45) is 1.22. The predicted octanol–water partition coefficient (Wildman–Crippen LogP) is 2.16. The molecule has 1 aromatic heterocycles. The van der Waals surface area contributed by atoms with Crippen LogP contribution in [0.25, 0.3) is 0 Å². The second-order valence-electron chi connectivity index (χ2n) is 4.39. The summed E-state index contributed by atoms with van der Waals surface area (Å²) in [6.45, 7) is 1.81. The molecule has 2 aromatic rings. The summed E-state index contributed by atoms with van der Waals surface area (Å²) in [5.74, 6) is -0.509. The molecule has 1 amide bonds. The lowest BCUT2D eigenvalue weighted by molar-refractivity contribution is -0.385. The molecular weight excluding hydrogens is 354 g/mol. The third-order valence-corrected chi connectivity index (χ3v) is 3.93. The maximum absolute atomic E-state index is 12.0. The maximum atomic E-state index is 12.0. The summed E-state index contributed by atoms with van der Waals surface area (Å²) in [4.78, 5) is 22.3. The van der Waals surface area contributed by atoms with Gasteiger partial charge in [0.05, 0.1) is 26.9 Å². The number of nitro benzene ring substituents is 1. The number of halogens is 1. The van der Waals surface area contributed by atoms with Crippen molar-refractivity contribution in [2.24, 2.45) is 12.1 Å². The van der Waals surface area contributed by atoms with Crippen molar-refractivity contribution in [3.05, 3.63) is 55.8 Å². The van der Waals surface area contributed by atoms with E-state index >= 15 is 0 Å². The Hall–Kier alpha value is -2.55. The van der Waals surface area contributed by atoms with Gasteiger partial charge in [-0.2, -0.15) is 10.2 Å². The summed E-state index contributed by atoms with van der Waals surface area (Å²) in [6, 6.07) is 6.10. The number of para-hydroxylation sites is 1. The van der Waals surface area contributed by atoms with Gasteiger partial charge in [0.1, 0.15) is 0 Å². The summed E-state index contributed by atoms with van der Waals surface area (Å²) in [7, 11) is 1.72. The van der Waals surface area contributed by atoms with Crippen LogP contribution in [0.2, 0.25) is 0 Å². The molecule has 8 nitrogen and oxygen atoms in total. The minimum atomic E-state index is -0.512. The van der Waals surface area contributed by atoms with Crippen LogP contribution >= 0.6 is 15.9 Å². The SMILES string of the molecule is Cc1c(Br)c(C(=O)N/N=C/c2ccccc2[N+](=O)[O-])nn1C. The lowest BCUT2D eigenvalue weighted by Crippen LogP contribution is -2.19. The molecule has 1 heterocycles. The molecule has 2 rings (SSSR count). The van der Waals surface area contributed by atoms with Gasteiger partial charge in [-0.3, -0.25) is 19.6 Å². The Kier molecular flexibility index (Phi) is 4.66. The summed E-state index contributed by atoms with van der Waals surface area (Å²) < 4.78 is 2.14. The molecular formula is C13H12BrN5O3. The Morgan fingerprint density at radius 2 is 2.18 bits per heavy atom. The number of aromatic nitrogens is 2. The van der Waals surface area contributed by atoms with Gasteiger partial charge in [-0.05, 0) is 28.9 Å². The number of nitro groups is 1. The first-order valence-corrected chi connectivity index (χ1v) is 6.97. The van der Waals surface area contributed by atoms with Crippen LogP contribution in [0.1, 0.15) is 21.7 Å². The fourth-order valence-electron chi connectivity index (χ4n) is 1.70. The Balaban J connectivity index is 2.14. The molecule has 0 aliphatic carbocycles. The van der Waals surface area contributed by atoms with E-state index < -0.39 is 10.8 Å². The molecule has 0 aliphatic heterocycles. The van der Waals surface area contributed by atoms with Gasteiger partial charge in [-0.1, -0.05) is 12.1 Å². The predicted molar refractivity (Wildman–Crippen MR) is 83.8 cm³/mol. The minimum Gasteiger partial charge on any atom is -0.271 e. The molecule has 0 fully saturated rings. The topological polar surface area (TPSA) is 102 Å². The van der Waals surface area contributed by atoms with Crippen LogP contribution in [-0.2, 0) is 7.05 Å². The average molecular weight is 366 g/mol. The van der Waals surface area contributed by atoms with Gasteiger partial charge in [0.2, 0.25) is 0 Å². The monoisotopic (exact) mass is 365 g/mol. The molecule has 9 heteroatoms. The highest BCUT2D eigenvalue weighted by molar-refractivity contribution is 9.10. The molecule has 22 heavy (non-hydrogen) atoms. The van der Waals surface area contributed by atoms with Crippen molar-refractivity contribution < 1.29 is 9.72 Å². The quantitative estimate of drug-likeness (QED) is 0.509. The smallest absolute Gasteiger partial charge is 0.271 e. The minimum absolute atomic E-state index is 0.0876. The molecule has 0 aliphatic rings. The number of hydrazone groups is 1. The van der Waals surface area contributed by atoms with Crippen molar-refractivity contribution in [3.63, 3.8) is 0 Å². The Labute approximate surface area is 134 Å². The van der Waals surface area contributed by atoms with Gasteiger partial charge >= 0.3 is 0 Å². The first-order chi connectivity index (χ1) is 10.4. The van der Waals surface area contributed by atoms with Crippen molar-refractivity contribution in [2.75, 3.05) is 0 Å². The van der Waals surface area contributed by atoms with E-state index in [-0.39, 0.29) is 11.4 Å². The number of nitrogens with zero attached hydrogens (tertiary/aromatic N) is 4. The molecule has 0 atom stereocenters. The molecule has 1 aromatic carbocycles. The van der Waals surface area contributed by atoms with Crippen molar-refractivity contribution in [1.82, 2.24) is 15.2 Å². The highest BCUT2D eigenvalue weighted by Crippen LogP contribution is 2.19. The number of nitrogens with one attached hydrogen (secondary N) is 1. The highest BCUT2D eigenvalue weighted by Gasteiger charge is 2.17. The number of carbonyl (C=O) groups is 1. The Morgan fingerprint density at radius 3 is 2.77 bits per heavy atom. The number of carbonyl (C=O) groups excluding carboxylic acids is 1. The number of aryl methyl sites for hydroxylation is 1. The van der Waals surface area contributed by atoms with Gasteiger partial charge in [-0.15, -0.1) is 0 Å². The zero-order valence-corrected chi connectivity index (χ0v) is 13.4. The number of rotatable bonds is 4. The summed E-state index contributed by atoms with van der Waals surface area (Å²) in [5, 5.41) is 18.7. The van der Waals surface area contributed by atoms with Crippen LogP contribution in [0.5, 0.6) is 0 Å². The van der Waals surface area contributed by atoms with E-state index in [1.807, 2.05) is 6.92 Å². The zero-order chi connectivity index (χ0) is 16.3. The third-order valence-electron chi connectivity index (χ3n) is 2.98. The molecule has 0 radical (unpaired) electrons. The standard InChI is InChI=1S/C13H12BrN5O3/c1-8-11(14)12(17-18(8)2)13(20)16-15-7-9-5-3-4-6-10(9)19(21)22/h3-7H,1-2H3,(H,16,20)/b15-7+. The molecule has 0 unspecified atom stereocenters.